The molecule has 14 heavy (non-hydrogen) atoms. The van der Waals surface area contributed by atoms with E-state index in [1.54, 1.807) is 11.8 Å². The van der Waals surface area contributed by atoms with Crippen molar-refractivity contribution >= 4 is 29.0 Å². The van der Waals surface area contributed by atoms with E-state index >= 15 is 0 Å². The van der Waals surface area contributed by atoms with E-state index < -0.39 is 0 Å². The normalized spacial score (nSPS) is 21.2. The van der Waals surface area contributed by atoms with Crippen LogP contribution in [0.5, 0.6) is 0 Å². The summed E-state index contributed by atoms with van der Waals surface area (Å²) in [4.78, 5) is 13.8. The minimum absolute atomic E-state index is 0.110. The van der Waals surface area contributed by atoms with Gasteiger partial charge in [-0.3, -0.25) is 4.79 Å². The Bertz CT molecular complexity index is 335. The third-order valence-corrected chi connectivity index (χ3v) is 4.51. The van der Waals surface area contributed by atoms with Gasteiger partial charge in [-0.25, -0.2) is 0 Å². The van der Waals surface area contributed by atoms with Gasteiger partial charge < -0.3 is 5.32 Å². The van der Waals surface area contributed by atoms with Crippen molar-refractivity contribution < 1.29 is 4.79 Å². The Kier molecular flexibility index (Phi) is 3.13. The second kappa shape index (κ2) is 4.36. The second-order valence-corrected chi connectivity index (χ2v) is 5.36. The molecule has 0 aromatic carbocycles. The summed E-state index contributed by atoms with van der Waals surface area (Å²) < 4.78 is 0. The van der Waals surface area contributed by atoms with Crippen molar-refractivity contribution in [2.75, 3.05) is 5.75 Å². The summed E-state index contributed by atoms with van der Waals surface area (Å²) in [6.45, 7) is 2.15. The molecule has 76 valence electrons. The van der Waals surface area contributed by atoms with Gasteiger partial charge in [0.25, 0.3) is 5.91 Å². The Balaban J connectivity index is 2.14. The number of thioether (sulfide) groups is 1. The van der Waals surface area contributed by atoms with Gasteiger partial charge in [-0.1, -0.05) is 13.3 Å². The van der Waals surface area contributed by atoms with Crippen LogP contribution in [0.1, 0.15) is 29.4 Å². The van der Waals surface area contributed by atoms with Gasteiger partial charge in [0.05, 0.1) is 0 Å². The van der Waals surface area contributed by atoms with Crippen LogP contribution in [0.3, 0.4) is 0 Å². The van der Waals surface area contributed by atoms with E-state index in [1.807, 2.05) is 11.4 Å². The molecule has 1 aromatic heterocycles. The first-order chi connectivity index (χ1) is 6.81. The smallest absolute Gasteiger partial charge is 0.262 e. The highest BCUT2D eigenvalue weighted by molar-refractivity contribution is 7.99. The molecule has 4 heteroatoms. The Morgan fingerprint density at radius 3 is 3.29 bits per heavy atom. The number of thiophene rings is 1. The third kappa shape index (κ3) is 1.96. The molecule has 1 N–H and O–H groups in total. The van der Waals surface area contributed by atoms with Crippen molar-refractivity contribution in [3.8, 4) is 0 Å². The predicted octanol–water partition coefficient (Wildman–Crippen LogP) is 2.75. The number of carbonyl (C=O) groups excluding carboxylic acids is 1. The van der Waals surface area contributed by atoms with E-state index in [-0.39, 0.29) is 5.91 Å². The lowest BCUT2D eigenvalue weighted by Crippen LogP contribution is -2.34. The molecular formula is C10H13NOS2. The van der Waals surface area contributed by atoms with E-state index in [9.17, 15) is 4.79 Å². The molecule has 0 bridgehead atoms. The molecule has 2 rings (SSSR count). The zero-order valence-corrected chi connectivity index (χ0v) is 9.71. The third-order valence-electron chi connectivity index (χ3n) is 2.25. The molecule has 0 fully saturated rings. The molecular weight excluding hydrogens is 214 g/mol. The lowest BCUT2D eigenvalue weighted by atomic mass is 10.2. The average Bonchev–Trinajstić information content (AvgIpc) is 2.57. The van der Waals surface area contributed by atoms with Gasteiger partial charge >= 0.3 is 0 Å². The molecule has 2 heterocycles. The summed E-state index contributed by atoms with van der Waals surface area (Å²) in [5.41, 5.74) is 0. The average molecular weight is 227 g/mol. The SMILES string of the molecule is CCCC1CSc2ccsc2C(=O)N1. The minimum Gasteiger partial charge on any atom is -0.348 e. The fraction of sp³-hybridized carbons (Fsp3) is 0.500. The lowest BCUT2D eigenvalue weighted by Gasteiger charge is -2.13. The van der Waals surface area contributed by atoms with Gasteiger partial charge in [-0.05, 0) is 17.9 Å². The molecule has 0 saturated heterocycles. The van der Waals surface area contributed by atoms with E-state index in [2.05, 4.69) is 12.2 Å². The first-order valence-electron chi connectivity index (χ1n) is 4.82. The first-order valence-corrected chi connectivity index (χ1v) is 6.69. The van der Waals surface area contributed by atoms with Crippen molar-refractivity contribution in [1.82, 2.24) is 5.32 Å². The van der Waals surface area contributed by atoms with Crippen LogP contribution in [0, 0.1) is 0 Å². The summed E-state index contributed by atoms with van der Waals surface area (Å²) in [6.07, 6.45) is 2.20. The molecule has 0 radical (unpaired) electrons. The zero-order valence-electron chi connectivity index (χ0n) is 8.08. The summed E-state index contributed by atoms with van der Waals surface area (Å²) >= 11 is 3.33. The number of carbonyl (C=O) groups is 1. The second-order valence-electron chi connectivity index (χ2n) is 3.38. The van der Waals surface area contributed by atoms with E-state index in [0.29, 0.717) is 6.04 Å². The van der Waals surface area contributed by atoms with Gasteiger partial charge in [-0.15, -0.1) is 23.1 Å². The Labute approximate surface area is 92.1 Å². The summed E-state index contributed by atoms with van der Waals surface area (Å²) in [5.74, 6) is 1.11. The number of rotatable bonds is 2. The maximum Gasteiger partial charge on any atom is 0.262 e. The Morgan fingerprint density at radius 2 is 2.50 bits per heavy atom. The Hall–Kier alpha value is -0.480. The molecule has 1 atom stereocenters. The topological polar surface area (TPSA) is 29.1 Å². The van der Waals surface area contributed by atoms with Crippen LogP contribution in [-0.4, -0.2) is 17.7 Å². The summed E-state index contributed by atoms with van der Waals surface area (Å²) in [6, 6.07) is 2.38. The van der Waals surface area contributed by atoms with Crippen molar-refractivity contribution in [2.24, 2.45) is 0 Å². The minimum atomic E-state index is 0.110. The van der Waals surface area contributed by atoms with Crippen LogP contribution in [-0.2, 0) is 0 Å². The number of hydrogen-bond donors (Lipinski definition) is 1. The summed E-state index contributed by atoms with van der Waals surface area (Å²) in [5, 5.41) is 5.06. The standard InChI is InChI=1S/C10H13NOS2/c1-2-3-7-6-14-8-4-5-13-9(8)10(12)11-7/h4-5,7H,2-3,6H2,1H3,(H,11,12). The number of fused-ring (bicyclic) bond motifs is 1. The molecule has 0 aliphatic carbocycles. The van der Waals surface area contributed by atoms with Gasteiger partial charge in [-0.2, -0.15) is 0 Å². The molecule has 2 nitrogen and oxygen atoms in total. The molecule has 1 aliphatic heterocycles. The molecule has 0 saturated carbocycles. The maximum absolute atomic E-state index is 11.7. The van der Waals surface area contributed by atoms with Crippen molar-refractivity contribution in [3.05, 3.63) is 16.3 Å². The van der Waals surface area contributed by atoms with Crippen LogP contribution in [0.25, 0.3) is 0 Å². The highest BCUT2D eigenvalue weighted by atomic mass is 32.2. The van der Waals surface area contributed by atoms with Crippen molar-refractivity contribution in [2.45, 2.75) is 30.7 Å². The van der Waals surface area contributed by atoms with Crippen LogP contribution in [0.2, 0.25) is 0 Å². The monoisotopic (exact) mass is 227 g/mol. The van der Waals surface area contributed by atoms with Crippen LogP contribution in [0.15, 0.2) is 16.3 Å². The fourth-order valence-corrected chi connectivity index (χ4v) is 3.68. The highest BCUT2D eigenvalue weighted by Crippen LogP contribution is 2.30. The molecule has 1 unspecified atom stereocenters. The van der Waals surface area contributed by atoms with Crippen molar-refractivity contribution in [1.29, 1.82) is 0 Å². The molecule has 1 aliphatic rings. The first kappa shape index (κ1) is 10.1. The fourth-order valence-electron chi connectivity index (χ4n) is 1.56. The van der Waals surface area contributed by atoms with E-state index in [1.165, 1.54) is 11.3 Å². The van der Waals surface area contributed by atoms with Crippen LogP contribution >= 0.6 is 23.1 Å². The summed E-state index contributed by atoms with van der Waals surface area (Å²) in [7, 11) is 0. The number of amides is 1. The van der Waals surface area contributed by atoms with Crippen LogP contribution in [0.4, 0.5) is 0 Å². The molecule has 1 aromatic rings. The highest BCUT2D eigenvalue weighted by Gasteiger charge is 2.22. The van der Waals surface area contributed by atoms with Gasteiger partial charge in [0, 0.05) is 16.7 Å². The lowest BCUT2D eigenvalue weighted by molar-refractivity contribution is 0.0942. The largest absolute Gasteiger partial charge is 0.348 e. The zero-order chi connectivity index (χ0) is 9.97. The van der Waals surface area contributed by atoms with E-state index in [4.69, 9.17) is 0 Å². The van der Waals surface area contributed by atoms with Crippen LogP contribution < -0.4 is 5.32 Å². The quantitative estimate of drug-likeness (QED) is 0.841. The van der Waals surface area contributed by atoms with Crippen molar-refractivity contribution in [3.63, 3.8) is 0 Å². The number of nitrogens with one attached hydrogen (secondary N) is 1. The van der Waals surface area contributed by atoms with E-state index in [0.717, 1.165) is 28.4 Å². The van der Waals surface area contributed by atoms with Gasteiger partial charge in [0.2, 0.25) is 0 Å². The molecule has 1 amide bonds. The van der Waals surface area contributed by atoms with Gasteiger partial charge in [0.1, 0.15) is 4.88 Å². The Morgan fingerprint density at radius 1 is 1.64 bits per heavy atom. The number of hydrogen-bond acceptors (Lipinski definition) is 3. The van der Waals surface area contributed by atoms with Gasteiger partial charge in [0.15, 0.2) is 0 Å². The molecule has 0 spiro atoms. The predicted molar refractivity (Wildman–Crippen MR) is 61.2 cm³/mol. The maximum atomic E-state index is 11.7.